The summed E-state index contributed by atoms with van der Waals surface area (Å²) in [6, 6.07) is 2.61. The maximum atomic E-state index is 14.1. The lowest BCUT2D eigenvalue weighted by atomic mass is 9.98. The number of primary amides is 1. The molecule has 1 aromatic carbocycles. The van der Waals surface area contributed by atoms with Crippen LogP contribution < -0.4 is 16.4 Å². The Kier molecular flexibility index (Phi) is 4.44. The van der Waals surface area contributed by atoms with E-state index in [0.29, 0.717) is 24.8 Å². The van der Waals surface area contributed by atoms with Crippen LogP contribution in [0.3, 0.4) is 0 Å². The number of methoxy groups -OCH3 is 1. The van der Waals surface area contributed by atoms with Crippen molar-refractivity contribution in [3.8, 4) is 0 Å². The first-order valence-corrected chi connectivity index (χ1v) is 6.65. The molecule has 0 aromatic heterocycles. The summed E-state index contributed by atoms with van der Waals surface area (Å²) in [7, 11) is 1.66. The standard InChI is InChI=1S/C14H20FN3O2/c1-20-8-9-3-2-4-18(7-9)13-5-10(14(17)19)12(16)6-11(13)15/h5-6,9H,2-4,7-8,16H2,1H3,(H2,17,19). The molecule has 1 saturated heterocycles. The Bertz CT molecular complexity index is 505. The van der Waals surface area contributed by atoms with Crippen molar-refractivity contribution >= 4 is 17.3 Å². The molecule has 6 heteroatoms. The number of piperidine rings is 1. The second-order valence-corrected chi connectivity index (χ2v) is 5.16. The number of anilines is 2. The Morgan fingerprint density at radius 1 is 1.55 bits per heavy atom. The summed E-state index contributed by atoms with van der Waals surface area (Å²) in [5.41, 5.74) is 11.5. The van der Waals surface area contributed by atoms with E-state index in [1.54, 1.807) is 7.11 Å². The second kappa shape index (κ2) is 6.09. The van der Waals surface area contributed by atoms with E-state index in [9.17, 15) is 9.18 Å². The predicted octanol–water partition coefficient (Wildman–Crippen LogP) is 1.37. The predicted molar refractivity (Wildman–Crippen MR) is 76.1 cm³/mol. The Balaban J connectivity index is 2.27. The lowest BCUT2D eigenvalue weighted by Gasteiger charge is -2.34. The second-order valence-electron chi connectivity index (χ2n) is 5.16. The van der Waals surface area contributed by atoms with E-state index in [-0.39, 0.29) is 11.3 Å². The van der Waals surface area contributed by atoms with Crippen LogP contribution in [0.15, 0.2) is 12.1 Å². The summed E-state index contributed by atoms with van der Waals surface area (Å²) in [4.78, 5) is 13.2. The molecule has 0 saturated carbocycles. The van der Waals surface area contributed by atoms with Gasteiger partial charge in [0, 0.05) is 25.9 Å². The highest BCUT2D eigenvalue weighted by atomic mass is 19.1. The van der Waals surface area contributed by atoms with Gasteiger partial charge >= 0.3 is 0 Å². The first kappa shape index (κ1) is 14.6. The van der Waals surface area contributed by atoms with Crippen molar-refractivity contribution in [1.82, 2.24) is 0 Å². The number of nitrogens with zero attached hydrogens (tertiary/aromatic N) is 1. The molecule has 0 radical (unpaired) electrons. The lowest BCUT2D eigenvalue weighted by molar-refractivity contribution is 0.100. The molecule has 1 heterocycles. The number of rotatable bonds is 4. The van der Waals surface area contributed by atoms with Crippen molar-refractivity contribution in [2.45, 2.75) is 12.8 Å². The molecule has 0 spiro atoms. The van der Waals surface area contributed by atoms with E-state index in [4.69, 9.17) is 16.2 Å². The van der Waals surface area contributed by atoms with Crippen molar-refractivity contribution in [1.29, 1.82) is 0 Å². The van der Waals surface area contributed by atoms with Crippen LogP contribution in [0.2, 0.25) is 0 Å². The zero-order chi connectivity index (χ0) is 14.7. The number of hydrogen-bond donors (Lipinski definition) is 2. The maximum Gasteiger partial charge on any atom is 0.250 e. The normalized spacial score (nSPS) is 19.1. The van der Waals surface area contributed by atoms with Crippen LogP contribution in [0.5, 0.6) is 0 Å². The van der Waals surface area contributed by atoms with E-state index in [1.807, 2.05) is 4.90 Å². The van der Waals surface area contributed by atoms with Crippen molar-refractivity contribution in [3.05, 3.63) is 23.5 Å². The fourth-order valence-electron chi connectivity index (χ4n) is 2.69. The maximum absolute atomic E-state index is 14.1. The average molecular weight is 281 g/mol. The van der Waals surface area contributed by atoms with Crippen LogP contribution in [0, 0.1) is 11.7 Å². The molecule has 1 fully saturated rings. The van der Waals surface area contributed by atoms with Gasteiger partial charge in [-0.3, -0.25) is 4.79 Å². The Morgan fingerprint density at radius 2 is 2.30 bits per heavy atom. The van der Waals surface area contributed by atoms with Crippen molar-refractivity contribution in [2.24, 2.45) is 11.7 Å². The van der Waals surface area contributed by atoms with Gasteiger partial charge in [0.1, 0.15) is 5.82 Å². The zero-order valence-electron chi connectivity index (χ0n) is 11.6. The van der Waals surface area contributed by atoms with E-state index in [2.05, 4.69) is 0 Å². The van der Waals surface area contributed by atoms with Crippen LogP contribution in [-0.4, -0.2) is 32.7 Å². The summed E-state index contributed by atoms with van der Waals surface area (Å²) in [5, 5.41) is 0. The highest BCUT2D eigenvalue weighted by Gasteiger charge is 2.23. The highest BCUT2D eigenvalue weighted by molar-refractivity contribution is 5.99. The van der Waals surface area contributed by atoms with Gasteiger partial charge < -0.3 is 21.1 Å². The average Bonchev–Trinajstić information content (AvgIpc) is 2.39. The number of halogens is 1. The summed E-state index contributed by atoms with van der Waals surface area (Å²) in [6.45, 7) is 2.10. The van der Waals surface area contributed by atoms with E-state index in [0.717, 1.165) is 25.5 Å². The number of carbonyl (C=O) groups excluding carboxylic acids is 1. The molecule has 5 nitrogen and oxygen atoms in total. The molecule has 1 aliphatic heterocycles. The Morgan fingerprint density at radius 3 is 2.95 bits per heavy atom. The number of ether oxygens (including phenoxy) is 1. The van der Waals surface area contributed by atoms with E-state index >= 15 is 0 Å². The van der Waals surface area contributed by atoms with Gasteiger partial charge in [0.15, 0.2) is 0 Å². The molecule has 20 heavy (non-hydrogen) atoms. The van der Waals surface area contributed by atoms with Crippen LogP contribution in [0.25, 0.3) is 0 Å². The number of carbonyl (C=O) groups is 1. The van der Waals surface area contributed by atoms with Gasteiger partial charge in [-0.1, -0.05) is 0 Å². The number of nitrogen functional groups attached to an aromatic ring is 1. The topological polar surface area (TPSA) is 81.6 Å². The monoisotopic (exact) mass is 281 g/mol. The van der Waals surface area contributed by atoms with Gasteiger partial charge in [-0.15, -0.1) is 0 Å². The molecule has 0 aliphatic carbocycles. The molecule has 2 rings (SSSR count). The lowest BCUT2D eigenvalue weighted by Crippen LogP contribution is -2.37. The number of amides is 1. The molecule has 1 aliphatic rings. The molecule has 0 bridgehead atoms. The molecule has 1 atom stereocenters. The smallest absolute Gasteiger partial charge is 0.250 e. The zero-order valence-corrected chi connectivity index (χ0v) is 11.6. The number of hydrogen-bond acceptors (Lipinski definition) is 4. The third-order valence-corrected chi connectivity index (χ3v) is 3.65. The summed E-state index contributed by atoms with van der Waals surface area (Å²) < 4.78 is 19.2. The van der Waals surface area contributed by atoms with Gasteiger partial charge in [-0.2, -0.15) is 0 Å². The fraction of sp³-hybridized carbons (Fsp3) is 0.500. The first-order chi connectivity index (χ1) is 9.52. The number of benzene rings is 1. The Labute approximate surface area is 117 Å². The molecule has 4 N–H and O–H groups in total. The molecular formula is C14H20FN3O2. The van der Waals surface area contributed by atoms with Crippen molar-refractivity contribution in [3.63, 3.8) is 0 Å². The van der Waals surface area contributed by atoms with Crippen LogP contribution in [0.1, 0.15) is 23.2 Å². The Hall–Kier alpha value is -1.82. The van der Waals surface area contributed by atoms with Crippen molar-refractivity contribution < 1.29 is 13.9 Å². The quantitative estimate of drug-likeness (QED) is 0.817. The van der Waals surface area contributed by atoms with E-state index < -0.39 is 11.7 Å². The molecule has 1 aromatic rings. The van der Waals surface area contributed by atoms with Gasteiger partial charge in [0.05, 0.1) is 17.9 Å². The van der Waals surface area contributed by atoms with E-state index in [1.165, 1.54) is 6.07 Å². The highest BCUT2D eigenvalue weighted by Crippen LogP contribution is 2.29. The minimum Gasteiger partial charge on any atom is -0.398 e. The largest absolute Gasteiger partial charge is 0.398 e. The minimum atomic E-state index is -0.644. The van der Waals surface area contributed by atoms with Gasteiger partial charge in [0.2, 0.25) is 0 Å². The third kappa shape index (κ3) is 3.01. The molecule has 1 unspecified atom stereocenters. The summed E-state index contributed by atoms with van der Waals surface area (Å²) in [5.74, 6) is -0.706. The third-order valence-electron chi connectivity index (χ3n) is 3.65. The summed E-state index contributed by atoms with van der Waals surface area (Å²) >= 11 is 0. The summed E-state index contributed by atoms with van der Waals surface area (Å²) in [6.07, 6.45) is 2.02. The first-order valence-electron chi connectivity index (χ1n) is 6.65. The van der Waals surface area contributed by atoms with Crippen LogP contribution >= 0.6 is 0 Å². The SMILES string of the molecule is COCC1CCCN(c2cc(C(N)=O)c(N)cc2F)C1. The van der Waals surface area contributed by atoms with Crippen LogP contribution in [0.4, 0.5) is 15.8 Å². The molecule has 1 amide bonds. The molecule has 110 valence electrons. The minimum absolute atomic E-state index is 0.0733. The van der Waals surface area contributed by atoms with Gasteiger partial charge in [-0.05, 0) is 30.9 Å². The van der Waals surface area contributed by atoms with Gasteiger partial charge in [0.25, 0.3) is 5.91 Å². The molecular weight excluding hydrogens is 261 g/mol. The van der Waals surface area contributed by atoms with Crippen LogP contribution in [-0.2, 0) is 4.74 Å². The number of nitrogens with two attached hydrogens (primary N) is 2. The van der Waals surface area contributed by atoms with Gasteiger partial charge in [-0.25, -0.2) is 4.39 Å². The van der Waals surface area contributed by atoms with Crippen molar-refractivity contribution in [2.75, 3.05) is 37.4 Å². The fourth-order valence-corrected chi connectivity index (χ4v) is 2.69.